The maximum absolute atomic E-state index is 10.3. The van der Waals surface area contributed by atoms with Crippen LogP contribution in [0.25, 0.3) is 0 Å². The fourth-order valence-electron chi connectivity index (χ4n) is 2.09. The van der Waals surface area contributed by atoms with Crippen LogP contribution in [0.5, 0.6) is 0 Å². The van der Waals surface area contributed by atoms with Gasteiger partial charge in [0.2, 0.25) is 0 Å². The number of carboxylic acid groups (broad SMARTS) is 1. The van der Waals surface area contributed by atoms with Gasteiger partial charge in [-0.1, -0.05) is 6.42 Å². The van der Waals surface area contributed by atoms with Crippen molar-refractivity contribution in [1.82, 2.24) is 4.90 Å². The Morgan fingerprint density at radius 1 is 1.43 bits per heavy atom. The molecule has 82 valence electrons. The van der Waals surface area contributed by atoms with Crippen molar-refractivity contribution in [2.45, 2.75) is 51.5 Å². The average molecular weight is 199 g/mol. The van der Waals surface area contributed by atoms with Crippen molar-refractivity contribution < 1.29 is 9.90 Å². The maximum Gasteiger partial charge on any atom is 0.303 e. The molecular weight excluding hydrogens is 178 g/mol. The number of hydrogen-bond donors (Lipinski definition) is 1. The van der Waals surface area contributed by atoms with Crippen molar-refractivity contribution in [3.05, 3.63) is 0 Å². The molecule has 0 aromatic rings. The van der Waals surface area contributed by atoms with Crippen molar-refractivity contribution in [3.8, 4) is 0 Å². The largest absolute Gasteiger partial charge is 0.481 e. The number of aliphatic carboxylic acids is 1. The summed E-state index contributed by atoms with van der Waals surface area (Å²) in [5.41, 5.74) is 0. The molecule has 0 unspecified atom stereocenters. The fraction of sp³-hybridized carbons (Fsp3) is 0.909. The summed E-state index contributed by atoms with van der Waals surface area (Å²) in [5, 5.41) is 8.46. The molecule has 0 aromatic carbocycles. The van der Waals surface area contributed by atoms with Crippen LogP contribution < -0.4 is 0 Å². The zero-order valence-electron chi connectivity index (χ0n) is 9.04. The van der Waals surface area contributed by atoms with Crippen LogP contribution >= 0.6 is 0 Å². The molecule has 0 radical (unpaired) electrons. The van der Waals surface area contributed by atoms with Gasteiger partial charge in [0.1, 0.15) is 0 Å². The summed E-state index contributed by atoms with van der Waals surface area (Å²) in [7, 11) is 0. The lowest BCUT2D eigenvalue weighted by atomic mass is 10.2. The molecule has 1 atom stereocenters. The third-order valence-corrected chi connectivity index (χ3v) is 3.03. The molecule has 1 rings (SSSR count). The first-order valence-electron chi connectivity index (χ1n) is 5.66. The van der Waals surface area contributed by atoms with Crippen molar-refractivity contribution in [1.29, 1.82) is 0 Å². The number of carbonyl (C=O) groups is 1. The van der Waals surface area contributed by atoms with E-state index in [9.17, 15) is 4.79 Å². The van der Waals surface area contributed by atoms with E-state index in [4.69, 9.17) is 5.11 Å². The summed E-state index contributed by atoms with van der Waals surface area (Å²) in [6.07, 6.45) is 6.02. The van der Waals surface area contributed by atoms with Crippen molar-refractivity contribution in [2.24, 2.45) is 0 Å². The highest BCUT2D eigenvalue weighted by Gasteiger charge is 2.18. The molecule has 1 aliphatic rings. The van der Waals surface area contributed by atoms with Gasteiger partial charge in [-0.3, -0.25) is 4.79 Å². The van der Waals surface area contributed by atoms with Crippen LogP contribution in [0.2, 0.25) is 0 Å². The lowest BCUT2D eigenvalue weighted by molar-refractivity contribution is -0.137. The van der Waals surface area contributed by atoms with Crippen LogP contribution in [0.4, 0.5) is 0 Å². The number of hydrogen-bond acceptors (Lipinski definition) is 2. The monoisotopic (exact) mass is 199 g/mol. The number of carboxylic acids is 1. The quantitative estimate of drug-likeness (QED) is 0.666. The lowest BCUT2D eigenvalue weighted by Gasteiger charge is -2.20. The van der Waals surface area contributed by atoms with Gasteiger partial charge < -0.3 is 10.0 Å². The number of nitrogens with zero attached hydrogens (tertiary/aromatic N) is 1. The minimum Gasteiger partial charge on any atom is -0.481 e. The molecule has 3 heteroatoms. The first-order valence-corrected chi connectivity index (χ1v) is 5.66. The molecular formula is C11H21NO2. The summed E-state index contributed by atoms with van der Waals surface area (Å²) in [4.78, 5) is 12.8. The minimum absolute atomic E-state index is 0.329. The minimum atomic E-state index is -0.667. The van der Waals surface area contributed by atoms with Crippen molar-refractivity contribution in [3.63, 3.8) is 0 Å². The molecule has 1 saturated heterocycles. The van der Waals surface area contributed by atoms with Crippen LogP contribution in [0.15, 0.2) is 0 Å². The molecule has 0 spiro atoms. The van der Waals surface area contributed by atoms with E-state index in [-0.39, 0.29) is 0 Å². The predicted molar refractivity (Wildman–Crippen MR) is 56.4 cm³/mol. The Hall–Kier alpha value is -0.570. The Kier molecular flexibility index (Phi) is 4.94. The van der Waals surface area contributed by atoms with Crippen LogP contribution in [0.1, 0.15) is 45.4 Å². The average Bonchev–Trinajstić information content (AvgIpc) is 2.51. The SMILES string of the molecule is C[C@H]1CCCN1CCCCCC(=O)O. The molecule has 0 saturated carbocycles. The van der Waals surface area contributed by atoms with Gasteiger partial charge in [0.25, 0.3) is 0 Å². The molecule has 1 aliphatic heterocycles. The van der Waals surface area contributed by atoms with Crippen LogP contribution in [-0.4, -0.2) is 35.1 Å². The fourth-order valence-corrected chi connectivity index (χ4v) is 2.09. The summed E-state index contributed by atoms with van der Waals surface area (Å²) < 4.78 is 0. The molecule has 3 nitrogen and oxygen atoms in total. The second kappa shape index (κ2) is 6.02. The molecule has 0 amide bonds. The highest BCUT2D eigenvalue weighted by molar-refractivity contribution is 5.66. The number of likely N-dealkylation sites (tertiary alicyclic amines) is 1. The Balaban J connectivity index is 1.95. The van der Waals surface area contributed by atoms with E-state index in [0.29, 0.717) is 6.42 Å². The highest BCUT2D eigenvalue weighted by Crippen LogP contribution is 2.16. The lowest BCUT2D eigenvalue weighted by Crippen LogP contribution is -2.27. The van der Waals surface area contributed by atoms with Gasteiger partial charge >= 0.3 is 5.97 Å². The predicted octanol–water partition coefficient (Wildman–Crippen LogP) is 2.12. The molecule has 0 aliphatic carbocycles. The molecule has 1 heterocycles. The van der Waals surface area contributed by atoms with Gasteiger partial charge in [-0.05, 0) is 45.7 Å². The Bertz CT molecular complexity index is 182. The first-order chi connectivity index (χ1) is 6.70. The van der Waals surface area contributed by atoms with Crippen LogP contribution in [0, 0.1) is 0 Å². The molecule has 1 fully saturated rings. The van der Waals surface area contributed by atoms with E-state index in [1.54, 1.807) is 0 Å². The second-order valence-corrected chi connectivity index (χ2v) is 4.23. The van der Waals surface area contributed by atoms with E-state index < -0.39 is 5.97 Å². The van der Waals surface area contributed by atoms with E-state index >= 15 is 0 Å². The maximum atomic E-state index is 10.3. The third kappa shape index (κ3) is 4.09. The van der Waals surface area contributed by atoms with E-state index in [1.165, 1.54) is 19.4 Å². The van der Waals surface area contributed by atoms with Gasteiger partial charge in [0, 0.05) is 12.5 Å². The smallest absolute Gasteiger partial charge is 0.303 e. The van der Waals surface area contributed by atoms with Crippen LogP contribution in [0.3, 0.4) is 0 Å². The van der Waals surface area contributed by atoms with Gasteiger partial charge in [-0.25, -0.2) is 0 Å². The van der Waals surface area contributed by atoms with Gasteiger partial charge in [-0.15, -0.1) is 0 Å². The molecule has 1 N–H and O–H groups in total. The Morgan fingerprint density at radius 2 is 2.21 bits per heavy atom. The number of unbranched alkanes of at least 4 members (excludes halogenated alkanes) is 2. The van der Waals surface area contributed by atoms with Crippen molar-refractivity contribution >= 4 is 5.97 Å². The van der Waals surface area contributed by atoms with Gasteiger partial charge in [0.05, 0.1) is 0 Å². The zero-order valence-corrected chi connectivity index (χ0v) is 9.04. The van der Waals surface area contributed by atoms with Crippen molar-refractivity contribution in [2.75, 3.05) is 13.1 Å². The second-order valence-electron chi connectivity index (χ2n) is 4.23. The standard InChI is InChI=1S/C11H21NO2/c1-10-6-5-9-12(10)8-4-2-3-7-11(13)14/h10H,2-9H2,1H3,(H,13,14)/t10-/m0/s1. The topological polar surface area (TPSA) is 40.5 Å². The summed E-state index contributed by atoms with van der Waals surface area (Å²) in [6.45, 7) is 4.67. The summed E-state index contributed by atoms with van der Waals surface area (Å²) >= 11 is 0. The summed E-state index contributed by atoms with van der Waals surface area (Å²) in [6, 6.07) is 0.745. The Morgan fingerprint density at radius 3 is 2.79 bits per heavy atom. The zero-order chi connectivity index (χ0) is 10.4. The molecule has 14 heavy (non-hydrogen) atoms. The number of rotatable bonds is 6. The normalized spacial score (nSPS) is 22.8. The van der Waals surface area contributed by atoms with Crippen LogP contribution in [-0.2, 0) is 4.79 Å². The first kappa shape index (κ1) is 11.5. The third-order valence-electron chi connectivity index (χ3n) is 3.03. The highest BCUT2D eigenvalue weighted by atomic mass is 16.4. The van der Waals surface area contributed by atoms with E-state index in [0.717, 1.165) is 31.8 Å². The molecule has 0 bridgehead atoms. The van der Waals surface area contributed by atoms with E-state index in [2.05, 4.69) is 11.8 Å². The Labute approximate surface area is 86.1 Å². The van der Waals surface area contributed by atoms with E-state index in [1.807, 2.05) is 0 Å². The summed E-state index contributed by atoms with van der Waals surface area (Å²) in [5.74, 6) is -0.667. The van der Waals surface area contributed by atoms with Gasteiger partial charge in [-0.2, -0.15) is 0 Å². The molecule has 0 aromatic heterocycles. The van der Waals surface area contributed by atoms with Gasteiger partial charge in [0.15, 0.2) is 0 Å².